The van der Waals surface area contributed by atoms with Gasteiger partial charge in [-0.1, -0.05) is 36.4 Å². The van der Waals surface area contributed by atoms with Gasteiger partial charge in [-0.05, 0) is 17.7 Å². The average molecular weight is 500 g/mol. The summed E-state index contributed by atoms with van der Waals surface area (Å²) in [7, 11) is 1.52. The van der Waals surface area contributed by atoms with Crippen LogP contribution in [0.3, 0.4) is 0 Å². The molecule has 3 aromatic rings. The van der Waals surface area contributed by atoms with E-state index in [1.165, 1.54) is 40.9 Å². The van der Waals surface area contributed by atoms with E-state index in [1.54, 1.807) is 30.3 Å². The van der Waals surface area contributed by atoms with Crippen LogP contribution in [-0.4, -0.2) is 45.6 Å². The zero-order chi connectivity index (χ0) is 25.6. The minimum absolute atomic E-state index is 0.0851. The predicted octanol–water partition coefficient (Wildman–Crippen LogP) is 4.90. The number of rotatable bonds is 5. The molecular weight excluding hydrogens is 481 g/mol. The molecule has 5 rings (SSSR count). The summed E-state index contributed by atoms with van der Waals surface area (Å²) in [5, 5.41) is 0. The van der Waals surface area contributed by atoms with E-state index in [4.69, 9.17) is 0 Å². The summed E-state index contributed by atoms with van der Waals surface area (Å²) in [6.45, 7) is 0.156. The van der Waals surface area contributed by atoms with Gasteiger partial charge in [0.05, 0.1) is 13.0 Å². The number of hydrogen-bond donors (Lipinski definition) is 0. The number of nitrogens with zero attached hydrogens (tertiary/aromatic N) is 5. The quantitative estimate of drug-likeness (QED) is 0.370. The Labute approximate surface area is 202 Å². The first-order chi connectivity index (χ1) is 17.1. The van der Waals surface area contributed by atoms with Gasteiger partial charge in [-0.2, -0.15) is 13.2 Å². The second kappa shape index (κ2) is 8.89. The molecule has 1 atom stereocenters. The number of carbonyl (C=O) groups is 1. The number of amides is 1. The van der Waals surface area contributed by atoms with Gasteiger partial charge >= 0.3 is 6.18 Å². The third-order valence-electron chi connectivity index (χ3n) is 6.06. The number of fused-ring (bicyclic) bond motifs is 1. The van der Waals surface area contributed by atoms with Gasteiger partial charge in [-0.3, -0.25) is 9.69 Å². The fourth-order valence-electron chi connectivity index (χ4n) is 4.27. The highest BCUT2D eigenvalue weighted by Crippen LogP contribution is 2.34. The average Bonchev–Trinajstić information content (AvgIpc) is 3.39. The maximum Gasteiger partial charge on any atom is 0.439 e. The third-order valence-corrected chi connectivity index (χ3v) is 6.06. The Morgan fingerprint density at radius 3 is 2.50 bits per heavy atom. The highest BCUT2D eigenvalue weighted by atomic mass is 19.4. The van der Waals surface area contributed by atoms with Crippen LogP contribution < -0.4 is 4.90 Å². The second-order valence-corrected chi connectivity index (χ2v) is 8.51. The van der Waals surface area contributed by atoms with Gasteiger partial charge < -0.3 is 0 Å². The van der Waals surface area contributed by atoms with E-state index in [9.17, 15) is 26.7 Å². The summed E-state index contributed by atoms with van der Waals surface area (Å²) in [5.41, 5.74) is 0.926. The molecular formula is C25H19F5N5O+. The topological polar surface area (TPSA) is 61.5 Å². The fraction of sp³-hybridized carbons (Fsp3) is 0.240. The largest absolute Gasteiger partial charge is 0.439 e. The van der Waals surface area contributed by atoms with Crippen LogP contribution >= 0.6 is 0 Å². The molecule has 0 radical (unpaired) electrons. The van der Waals surface area contributed by atoms with Crippen molar-refractivity contribution in [3.63, 3.8) is 0 Å². The fourth-order valence-corrected chi connectivity index (χ4v) is 4.27. The van der Waals surface area contributed by atoms with Crippen molar-refractivity contribution < 1.29 is 31.3 Å². The Morgan fingerprint density at radius 1 is 1.11 bits per heavy atom. The number of halogens is 5. The summed E-state index contributed by atoms with van der Waals surface area (Å²) < 4.78 is 67.3. The van der Waals surface area contributed by atoms with Crippen LogP contribution in [0.2, 0.25) is 0 Å². The van der Waals surface area contributed by atoms with Crippen molar-refractivity contribution in [3.8, 4) is 11.4 Å². The summed E-state index contributed by atoms with van der Waals surface area (Å²) in [6, 6.07) is 12.7. The van der Waals surface area contributed by atoms with E-state index in [0.29, 0.717) is 16.9 Å². The van der Waals surface area contributed by atoms with Gasteiger partial charge in [0.15, 0.2) is 12.0 Å². The molecule has 3 heterocycles. The maximum atomic E-state index is 13.5. The lowest BCUT2D eigenvalue weighted by molar-refractivity contribution is -0.533. The SMILES string of the molecule is C[N+]1=CC(C(F)(F)F)=NC1c1ccc(CN2C(=O)Cc3cnc(-c4ccccc4C(F)F)nc32)cc1. The molecule has 0 saturated carbocycles. The van der Waals surface area contributed by atoms with Crippen LogP contribution in [0.1, 0.15) is 34.8 Å². The highest BCUT2D eigenvalue weighted by molar-refractivity contribution is 6.32. The summed E-state index contributed by atoms with van der Waals surface area (Å²) in [6.07, 6.45) is -5.51. The third kappa shape index (κ3) is 4.36. The normalized spacial score (nSPS) is 17.5. The number of aromatic nitrogens is 2. The minimum atomic E-state index is -4.52. The maximum absolute atomic E-state index is 13.5. The monoisotopic (exact) mass is 500 g/mol. The van der Waals surface area contributed by atoms with Gasteiger partial charge in [0.1, 0.15) is 12.9 Å². The van der Waals surface area contributed by atoms with Crippen LogP contribution in [0.5, 0.6) is 0 Å². The zero-order valence-corrected chi connectivity index (χ0v) is 18.9. The second-order valence-electron chi connectivity index (χ2n) is 8.51. The smallest absolute Gasteiger partial charge is 0.292 e. The Hall–Kier alpha value is -4.02. The molecule has 2 aromatic carbocycles. The summed E-state index contributed by atoms with van der Waals surface area (Å²) in [5.74, 6) is 0.230. The van der Waals surface area contributed by atoms with Crippen molar-refractivity contribution in [2.24, 2.45) is 4.99 Å². The molecule has 11 heteroatoms. The van der Waals surface area contributed by atoms with E-state index < -0.39 is 24.5 Å². The molecule has 184 valence electrons. The van der Waals surface area contributed by atoms with E-state index in [-0.39, 0.29) is 35.8 Å². The lowest BCUT2D eigenvalue weighted by Gasteiger charge is -2.18. The molecule has 0 N–H and O–H groups in total. The first kappa shape index (κ1) is 23.7. The molecule has 36 heavy (non-hydrogen) atoms. The Kier molecular flexibility index (Phi) is 5.85. The molecule has 6 nitrogen and oxygen atoms in total. The van der Waals surface area contributed by atoms with Crippen LogP contribution in [0.4, 0.5) is 27.8 Å². The van der Waals surface area contributed by atoms with Crippen molar-refractivity contribution in [2.75, 3.05) is 11.9 Å². The molecule has 0 aliphatic carbocycles. The number of carbonyl (C=O) groups excluding carboxylic acids is 1. The van der Waals surface area contributed by atoms with Crippen molar-refractivity contribution in [1.29, 1.82) is 0 Å². The molecule has 1 aromatic heterocycles. The minimum Gasteiger partial charge on any atom is -0.292 e. The Balaban J connectivity index is 1.40. The van der Waals surface area contributed by atoms with E-state index in [1.807, 2.05) is 0 Å². The van der Waals surface area contributed by atoms with Gasteiger partial charge in [0, 0.05) is 28.5 Å². The molecule has 0 spiro atoms. The summed E-state index contributed by atoms with van der Waals surface area (Å²) >= 11 is 0. The van der Waals surface area contributed by atoms with Crippen molar-refractivity contribution in [1.82, 2.24) is 9.97 Å². The van der Waals surface area contributed by atoms with Gasteiger partial charge in [-0.25, -0.2) is 28.3 Å². The molecule has 0 fully saturated rings. The molecule has 2 aliphatic rings. The highest BCUT2D eigenvalue weighted by Gasteiger charge is 2.42. The van der Waals surface area contributed by atoms with Crippen molar-refractivity contribution in [2.45, 2.75) is 31.7 Å². The molecule has 1 unspecified atom stereocenters. The van der Waals surface area contributed by atoms with Crippen molar-refractivity contribution >= 4 is 23.7 Å². The number of benzene rings is 2. The van der Waals surface area contributed by atoms with Crippen LogP contribution in [0.25, 0.3) is 11.4 Å². The van der Waals surface area contributed by atoms with Gasteiger partial charge in [0.2, 0.25) is 11.6 Å². The molecule has 1 amide bonds. The van der Waals surface area contributed by atoms with Crippen LogP contribution in [0, 0.1) is 0 Å². The van der Waals surface area contributed by atoms with Crippen molar-refractivity contribution in [3.05, 3.63) is 77.0 Å². The van der Waals surface area contributed by atoms with Crippen LogP contribution in [0.15, 0.2) is 59.7 Å². The first-order valence-electron chi connectivity index (χ1n) is 11.0. The van der Waals surface area contributed by atoms with E-state index in [0.717, 1.165) is 11.8 Å². The predicted molar refractivity (Wildman–Crippen MR) is 122 cm³/mol. The van der Waals surface area contributed by atoms with Gasteiger partial charge in [0.25, 0.3) is 12.6 Å². The number of anilines is 1. The zero-order valence-electron chi connectivity index (χ0n) is 18.9. The Bertz CT molecular complexity index is 1400. The Morgan fingerprint density at radius 2 is 1.83 bits per heavy atom. The van der Waals surface area contributed by atoms with E-state index in [2.05, 4.69) is 15.0 Å². The first-order valence-corrected chi connectivity index (χ1v) is 11.0. The van der Waals surface area contributed by atoms with Crippen LogP contribution in [-0.2, 0) is 17.8 Å². The lowest BCUT2D eigenvalue weighted by Crippen LogP contribution is -2.26. The standard InChI is InChI=1S/C25H19F5N5O/c1-34-13-19(25(28,29)30)32-23(34)15-8-6-14(7-9-15)12-35-20(36)10-16-11-31-22(33-24(16)35)18-5-3-2-4-17(18)21(26)27/h2-9,11,13,21,23H,10,12H2,1H3/q+1. The lowest BCUT2D eigenvalue weighted by atomic mass is 10.1. The summed E-state index contributed by atoms with van der Waals surface area (Å²) in [4.78, 5) is 26.6. The molecule has 0 saturated heterocycles. The van der Waals surface area contributed by atoms with Gasteiger partial charge in [-0.15, -0.1) is 0 Å². The number of hydrogen-bond acceptors (Lipinski definition) is 4. The number of alkyl halides is 5. The number of aliphatic imine (C=N–C) groups is 1. The molecule has 2 aliphatic heterocycles. The molecule has 0 bridgehead atoms. The van der Waals surface area contributed by atoms with E-state index >= 15 is 0 Å².